The van der Waals surface area contributed by atoms with Gasteiger partial charge < -0.3 is 4.52 Å². The predicted molar refractivity (Wildman–Crippen MR) is 51.7 cm³/mol. The lowest BCUT2D eigenvalue weighted by molar-refractivity contribution is 0.386. The van der Waals surface area contributed by atoms with Gasteiger partial charge in [-0.2, -0.15) is 0 Å². The van der Waals surface area contributed by atoms with Gasteiger partial charge in [-0.15, -0.1) is 0 Å². The zero-order chi connectivity index (χ0) is 9.38. The van der Waals surface area contributed by atoms with Crippen LogP contribution < -0.4 is 0 Å². The average Bonchev–Trinajstić information content (AvgIpc) is 2.98. The Bertz CT molecular complexity index is 432. The molecule has 2 aromatic rings. The molecule has 0 spiro atoms. The first kappa shape index (κ1) is 7.74. The van der Waals surface area contributed by atoms with Gasteiger partial charge in [0.2, 0.25) is 0 Å². The number of aromatic nitrogens is 2. The lowest BCUT2D eigenvalue weighted by atomic mass is 10.2. The van der Waals surface area contributed by atoms with Crippen molar-refractivity contribution in [1.82, 2.24) is 10.1 Å². The molecule has 3 rings (SSSR count). The van der Waals surface area contributed by atoms with Crippen LogP contribution in [0.25, 0.3) is 11.4 Å². The number of nitrogens with zero attached hydrogens (tertiary/aromatic N) is 2. The van der Waals surface area contributed by atoms with Crippen molar-refractivity contribution in [3.8, 4) is 11.4 Å². The molecular weight excluding hydrogens is 176 g/mol. The summed E-state index contributed by atoms with van der Waals surface area (Å²) in [5, 5.41) is 4.01. The summed E-state index contributed by atoms with van der Waals surface area (Å²) < 4.78 is 5.25. The predicted octanol–water partition coefficient (Wildman–Crippen LogP) is 2.61. The number of hydrogen-bond donors (Lipinski definition) is 0. The third-order valence-corrected chi connectivity index (χ3v) is 2.44. The van der Waals surface area contributed by atoms with Gasteiger partial charge in [0.15, 0.2) is 0 Å². The molecule has 1 aliphatic carbocycles. The molecule has 1 saturated carbocycles. The fourth-order valence-electron chi connectivity index (χ4n) is 1.48. The van der Waals surface area contributed by atoms with Crippen LogP contribution in [0.3, 0.4) is 0 Å². The van der Waals surface area contributed by atoms with Crippen molar-refractivity contribution in [3.63, 3.8) is 0 Å². The minimum atomic E-state index is 0.611. The molecule has 14 heavy (non-hydrogen) atoms. The molecule has 3 heteroatoms. The average molecular weight is 186 g/mol. The highest BCUT2D eigenvalue weighted by atomic mass is 16.5. The minimum absolute atomic E-state index is 0.611. The number of pyridine rings is 1. The highest BCUT2D eigenvalue weighted by Gasteiger charge is 2.28. The molecule has 0 aromatic carbocycles. The molecule has 70 valence electrons. The van der Waals surface area contributed by atoms with E-state index in [1.54, 1.807) is 6.20 Å². The Labute approximate surface area is 81.8 Å². The summed E-state index contributed by atoms with van der Waals surface area (Å²) in [6.45, 7) is 0. The molecule has 1 aliphatic rings. The van der Waals surface area contributed by atoms with Gasteiger partial charge in [-0.3, -0.25) is 4.98 Å². The molecule has 1 fully saturated rings. The van der Waals surface area contributed by atoms with E-state index < -0.39 is 0 Å². The van der Waals surface area contributed by atoms with Crippen molar-refractivity contribution in [3.05, 3.63) is 36.2 Å². The fourth-order valence-corrected chi connectivity index (χ4v) is 1.48. The van der Waals surface area contributed by atoms with E-state index in [1.807, 2.05) is 24.3 Å². The maximum Gasteiger partial charge on any atom is 0.140 e. The number of rotatable bonds is 2. The molecule has 0 amide bonds. The van der Waals surface area contributed by atoms with Crippen LogP contribution in [-0.4, -0.2) is 10.1 Å². The van der Waals surface area contributed by atoms with Crippen LogP contribution in [0.1, 0.15) is 24.5 Å². The summed E-state index contributed by atoms with van der Waals surface area (Å²) in [7, 11) is 0. The quantitative estimate of drug-likeness (QED) is 0.723. The van der Waals surface area contributed by atoms with Gasteiger partial charge >= 0.3 is 0 Å². The standard InChI is InChI=1S/C11H10N2O/c1-2-6-12-9(3-1)10-7-11(14-13-10)8-4-5-8/h1-3,6-8H,4-5H2. The second-order valence-corrected chi connectivity index (χ2v) is 3.60. The maximum atomic E-state index is 5.25. The minimum Gasteiger partial charge on any atom is -0.360 e. The van der Waals surface area contributed by atoms with Gasteiger partial charge in [0.05, 0.1) is 5.69 Å². The van der Waals surface area contributed by atoms with Crippen molar-refractivity contribution in [2.45, 2.75) is 18.8 Å². The number of hydrogen-bond acceptors (Lipinski definition) is 3. The third kappa shape index (κ3) is 1.31. The Morgan fingerprint density at radius 3 is 2.86 bits per heavy atom. The van der Waals surface area contributed by atoms with Crippen LogP contribution in [0.5, 0.6) is 0 Å². The van der Waals surface area contributed by atoms with E-state index in [1.165, 1.54) is 12.8 Å². The largest absolute Gasteiger partial charge is 0.360 e. The van der Waals surface area contributed by atoms with Crippen molar-refractivity contribution in [2.24, 2.45) is 0 Å². The normalized spacial score (nSPS) is 15.7. The molecule has 2 aromatic heterocycles. The van der Waals surface area contributed by atoms with E-state index in [2.05, 4.69) is 10.1 Å². The highest BCUT2D eigenvalue weighted by molar-refractivity contribution is 5.53. The second kappa shape index (κ2) is 2.94. The summed E-state index contributed by atoms with van der Waals surface area (Å²) >= 11 is 0. The zero-order valence-corrected chi connectivity index (χ0v) is 7.68. The summed E-state index contributed by atoms with van der Waals surface area (Å²) in [6.07, 6.45) is 4.23. The summed E-state index contributed by atoms with van der Waals surface area (Å²) in [6, 6.07) is 7.79. The van der Waals surface area contributed by atoms with E-state index >= 15 is 0 Å². The van der Waals surface area contributed by atoms with Crippen molar-refractivity contribution in [2.75, 3.05) is 0 Å². The summed E-state index contributed by atoms with van der Waals surface area (Å²) in [5.41, 5.74) is 1.72. The molecule has 0 atom stereocenters. The van der Waals surface area contributed by atoms with Crippen LogP contribution >= 0.6 is 0 Å². The van der Waals surface area contributed by atoms with Gasteiger partial charge in [-0.25, -0.2) is 0 Å². The Kier molecular flexibility index (Phi) is 1.63. The van der Waals surface area contributed by atoms with Crippen LogP contribution in [0.15, 0.2) is 35.0 Å². The molecule has 2 heterocycles. The first-order valence-corrected chi connectivity index (χ1v) is 4.81. The van der Waals surface area contributed by atoms with Gasteiger partial charge in [0.25, 0.3) is 0 Å². The monoisotopic (exact) mass is 186 g/mol. The van der Waals surface area contributed by atoms with E-state index in [9.17, 15) is 0 Å². The van der Waals surface area contributed by atoms with Crippen molar-refractivity contribution >= 4 is 0 Å². The van der Waals surface area contributed by atoms with Crippen LogP contribution in [0.4, 0.5) is 0 Å². The zero-order valence-electron chi connectivity index (χ0n) is 7.68. The van der Waals surface area contributed by atoms with Gasteiger partial charge in [0, 0.05) is 18.2 Å². The molecule has 0 unspecified atom stereocenters. The Balaban J connectivity index is 1.96. The fraction of sp³-hybridized carbons (Fsp3) is 0.273. The van der Waals surface area contributed by atoms with Crippen LogP contribution in [-0.2, 0) is 0 Å². The molecule has 0 saturated heterocycles. The summed E-state index contributed by atoms with van der Waals surface area (Å²) in [4.78, 5) is 4.22. The van der Waals surface area contributed by atoms with E-state index in [0.29, 0.717) is 5.92 Å². The van der Waals surface area contributed by atoms with Crippen LogP contribution in [0.2, 0.25) is 0 Å². The van der Waals surface area contributed by atoms with Gasteiger partial charge in [-0.05, 0) is 25.0 Å². The lowest BCUT2D eigenvalue weighted by Crippen LogP contribution is -1.79. The highest BCUT2D eigenvalue weighted by Crippen LogP contribution is 2.40. The third-order valence-electron chi connectivity index (χ3n) is 2.44. The lowest BCUT2D eigenvalue weighted by Gasteiger charge is -1.90. The van der Waals surface area contributed by atoms with Gasteiger partial charge in [-0.1, -0.05) is 11.2 Å². The molecule has 3 nitrogen and oxygen atoms in total. The maximum absolute atomic E-state index is 5.25. The SMILES string of the molecule is c1ccc(-c2cc(C3CC3)on2)nc1. The Morgan fingerprint density at radius 1 is 1.21 bits per heavy atom. The van der Waals surface area contributed by atoms with Crippen molar-refractivity contribution in [1.29, 1.82) is 0 Å². The van der Waals surface area contributed by atoms with Crippen LogP contribution in [0, 0.1) is 0 Å². The first-order chi connectivity index (χ1) is 6.93. The molecule has 0 radical (unpaired) electrons. The van der Waals surface area contributed by atoms with E-state index in [4.69, 9.17) is 4.52 Å². The smallest absolute Gasteiger partial charge is 0.140 e. The van der Waals surface area contributed by atoms with E-state index in [0.717, 1.165) is 17.1 Å². The van der Waals surface area contributed by atoms with Gasteiger partial charge in [0.1, 0.15) is 11.5 Å². The Hall–Kier alpha value is -1.64. The molecular formula is C11H10N2O. The first-order valence-electron chi connectivity index (χ1n) is 4.81. The summed E-state index contributed by atoms with van der Waals surface area (Å²) in [5.74, 6) is 1.62. The topological polar surface area (TPSA) is 38.9 Å². The van der Waals surface area contributed by atoms with E-state index in [-0.39, 0.29) is 0 Å². The molecule has 0 aliphatic heterocycles. The Morgan fingerprint density at radius 2 is 2.14 bits per heavy atom. The van der Waals surface area contributed by atoms with Crippen molar-refractivity contribution < 1.29 is 4.52 Å². The molecule has 0 N–H and O–H groups in total. The second-order valence-electron chi connectivity index (χ2n) is 3.60. The molecule has 0 bridgehead atoms.